The van der Waals surface area contributed by atoms with E-state index < -0.39 is 16.5 Å². The van der Waals surface area contributed by atoms with E-state index in [0.717, 1.165) is 16.1 Å². The number of ether oxygens (including phenoxy) is 1. The van der Waals surface area contributed by atoms with Crippen LogP contribution in [0.2, 0.25) is 0 Å². The Bertz CT molecular complexity index is 617. The van der Waals surface area contributed by atoms with Gasteiger partial charge in [0.25, 0.3) is 0 Å². The summed E-state index contributed by atoms with van der Waals surface area (Å²) in [6.07, 6.45) is 0. The van der Waals surface area contributed by atoms with Gasteiger partial charge >= 0.3 is 0 Å². The Morgan fingerprint density at radius 1 is 1.10 bits per heavy atom. The summed E-state index contributed by atoms with van der Waals surface area (Å²) < 4.78 is 33.3. The number of halogens is 4. The van der Waals surface area contributed by atoms with Gasteiger partial charge < -0.3 is 4.74 Å². The van der Waals surface area contributed by atoms with Gasteiger partial charge in [-0.1, -0.05) is 37.9 Å². The van der Waals surface area contributed by atoms with Crippen molar-refractivity contribution in [1.82, 2.24) is 0 Å². The molecule has 20 heavy (non-hydrogen) atoms. The molecule has 1 nitrogen and oxygen atoms in total. The molecule has 0 aliphatic heterocycles. The first-order chi connectivity index (χ1) is 9.52. The summed E-state index contributed by atoms with van der Waals surface area (Å²) in [6, 6.07) is 9.08. The Hall–Kier alpha value is -0.940. The normalized spacial score (nSPS) is 12.2. The Morgan fingerprint density at radius 3 is 2.50 bits per heavy atom. The summed E-state index contributed by atoms with van der Waals surface area (Å²) in [5, 5.41) is 0. The van der Waals surface area contributed by atoms with Gasteiger partial charge in [-0.2, -0.15) is 0 Å². The zero-order valence-corrected chi connectivity index (χ0v) is 13.8. The summed E-state index contributed by atoms with van der Waals surface area (Å²) in [4.78, 5) is -0.415. The average Bonchev–Trinajstić information content (AvgIpc) is 2.40. The largest absolute Gasteiger partial charge is 0.494 e. The number of alkyl halides is 1. The summed E-state index contributed by atoms with van der Waals surface area (Å²) in [5.74, 6) is -0.513. The van der Waals surface area contributed by atoms with Crippen LogP contribution in [0.4, 0.5) is 8.78 Å². The van der Waals surface area contributed by atoms with Crippen molar-refractivity contribution in [3.8, 4) is 5.75 Å². The molecular formula is C15H12Br2F2O. The smallest absolute Gasteiger partial charge is 0.130 e. The number of rotatable bonds is 4. The van der Waals surface area contributed by atoms with Crippen LogP contribution in [-0.2, 0) is 0 Å². The molecule has 5 heteroatoms. The van der Waals surface area contributed by atoms with Gasteiger partial charge in [-0.05, 0) is 31.2 Å². The molecule has 2 rings (SSSR count). The average molecular weight is 406 g/mol. The third-order valence-electron chi connectivity index (χ3n) is 2.78. The third-order valence-corrected chi connectivity index (χ3v) is 4.26. The molecule has 0 saturated carbocycles. The molecule has 0 aliphatic carbocycles. The summed E-state index contributed by atoms with van der Waals surface area (Å²) in [6.45, 7) is 2.40. The Morgan fingerprint density at radius 2 is 1.85 bits per heavy atom. The fraction of sp³-hybridized carbons (Fsp3) is 0.200. The van der Waals surface area contributed by atoms with Gasteiger partial charge in [-0.15, -0.1) is 0 Å². The molecule has 0 aliphatic rings. The highest BCUT2D eigenvalue weighted by molar-refractivity contribution is 9.10. The lowest BCUT2D eigenvalue weighted by Gasteiger charge is -2.16. The molecule has 0 spiro atoms. The minimum Gasteiger partial charge on any atom is -0.494 e. The summed E-state index contributed by atoms with van der Waals surface area (Å²) in [5.41, 5.74) is 1.15. The fourth-order valence-electron chi connectivity index (χ4n) is 1.88. The second kappa shape index (κ2) is 6.68. The molecule has 0 saturated heterocycles. The quantitative estimate of drug-likeness (QED) is 0.600. The fourth-order valence-corrected chi connectivity index (χ4v) is 2.99. The van der Waals surface area contributed by atoms with Gasteiger partial charge in [0.05, 0.1) is 11.4 Å². The molecule has 0 fully saturated rings. The Kier molecular flexibility index (Phi) is 5.16. The SMILES string of the molecule is CCOc1ccc(Br)cc1C(Br)c1ccc(F)cc1F. The third kappa shape index (κ3) is 3.38. The van der Waals surface area contributed by atoms with Crippen molar-refractivity contribution in [2.75, 3.05) is 6.61 Å². The van der Waals surface area contributed by atoms with Crippen LogP contribution in [0.1, 0.15) is 22.9 Å². The maximum atomic E-state index is 13.9. The Labute approximate surface area is 133 Å². The van der Waals surface area contributed by atoms with Gasteiger partial charge in [0.15, 0.2) is 0 Å². The second-order valence-corrected chi connectivity index (χ2v) is 5.97. The van der Waals surface area contributed by atoms with Gasteiger partial charge in [-0.3, -0.25) is 0 Å². The molecular weight excluding hydrogens is 394 g/mol. The topological polar surface area (TPSA) is 9.23 Å². The van der Waals surface area contributed by atoms with Crippen LogP contribution in [0.3, 0.4) is 0 Å². The molecule has 1 unspecified atom stereocenters. The molecule has 106 valence electrons. The molecule has 1 atom stereocenters. The Balaban J connectivity index is 2.46. The highest BCUT2D eigenvalue weighted by Gasteiger charge is 2.19. The van der Waals surface area contributed by atoms with Crippen LogP contribution in [0.25, 0.3) is 0 Å². The maximum Gasteiger partial charge on any atom is 0.130 e. The zero-order chi connectivity index (χ0) is 14.7. The van der Waals surface area contributed by atoms with E-state index in [1.54, 1.807) is 0 Å². The van der Waals surface area contributed by atoms with E-state index in [-0.39, 0.29) is 0 Å². The van der Waals surface area contributed by atoms with Crippen molar-refractivity contribution < 1.29 is 13.5 Å². The van der Waals surface area contributed by atoms with E-state index in [0.29, 0.717) is 17.9 Å². The van der Waals surface area contributed by atoms with Crippen LogP contribution in [0, 0.1) is 11.6 Å². The van der Waals surface area contributed by atoms with Crippen LogP contribution < -0.4 is 4.74 Å². The number of benzene rings is 2. The lowest BCUT2D eigenvalue weighted by Crippen LogP contribution is -2.02. The monoisotopic (exact) mass is 404 g/mol. The van der Waals surface area contributed by atoms with Crippen molar-refractivity contribution in [1.29, 1.82) is 0 Å². The van der Waals surface area contributed by atoms with E-state index >= 15 is 0 Å². The van der Waals surface area contributed by atoms with E-state index in [2.05, 4.69) is 31.9 Å². The predicted molar refractivity (Wildman–Crippen MR) is 82.4 cm³/mol. The predicted octanol–water partition coefficient (Wildman–Crippen LogP) is 5.61. The lowest BCUT2D eigenvalue weighted by molar-refractivity contribution is 0.337. The molecule has 0 radical (unpaired) electrons. The van der Waals surface area contributed by atoms with Crippen LogP contribution >= 0.6 is 31.9 Å². The first-order valence-corrected chi connectivity index (χ1v) is 7.75. The first-order valence-electron chi connectivity index (χ1n) is 6.04. The number of hydrogen-bond acceptors (Lipinski definition) is 1. The van der Waals surface area contributed by atoms with Crippen molar-refractivity contribution in [2.45, 2.75) is 11.8 Å². The first kappa shape index (κ1) is 15.4. The summed E-state index contributed by atoms with van der Waals surface area (Å²) >= 11 is 6.85. The van der Waals surface area contributed by atoms with Crippen molar-refractivity contribution in [2.24, 2.45) is 0 Å². The van der Waals surface area contributed by atoms with Crippen molar-refractivity contribution >= 4 is 31.9 Å². The molecule has 0 bridgehead atoms. The van der Waals surface area contributed by atoms with Gasteiger partial charge in [-0.25, -0.2) is 8.78 Å². The van der Waals surface area contributed by atoms with Gasteiger partial charge in [0.1, 0.15) is 17.4 Å². The minimum absolute atomic E-state index is 0.366. The molecule has 0 heterocycles. The maximum absolute atomic E-state index is 13.9. The lowest BCUT2D eigenvalue weighted by atomic mass is 10.0. The molecule has 0 aromatic heterocycles. The highest BCUT2D eigenvalue weighted by atomic mass is 79.9. The molecule has 2 aromatic rings. The van der Waals surface area contributed by atoms with E-state index in [1.165, 1.54) is 12.1 Å². The standard InChI is InChI=1S/C15H12Br2F2O/c1-2-20-14-6-3-9(16)7-12(14)15(17)11-5-4-10(18)8-13(11)19/h3-8,15H,2H2,1H3. The van der Waals surface area contributed by atoms with Crippen molar-refractivity contribution in [3.05, 3.63) is 63.6 Å². The molecule has 0 N–H and O–H groups in total. The van der Waals surface area contributed by atoms with E-state index in [1.807, 2.05) is 25.1 Å². The van der Waals surface area contributed by atoms with Gasteiger partial charge in [0, 0.05) is 21.7 Å². The molecule has 0 amide bonds. The van der Waals surface area contributed by atoms with Crippen LogP contribution in [0.15, 0.2) is 40.9 Å². The van der Waals surface area contributed by atoms with Crippen LogP contribution in [-0.4, -0.2) is 6.61 Å². The minimum atomic E-state index is -0.592. The van der Waals surface area contributed by atoms with E-state index in [4.69, 9.17) is 4.74 Å². The number of hydrogen-bond donors (Lipinski definition) is 0. The van der Waals surface area contributed by atoms with Gasteiger partial charge in [0.2, 0.25) is 0 Å². The second-order valence-electron chi connectivity index (χ2n) is 4.14. The van der Waals surface area contributed by atoms with Crippen molar-refractivity contribution in [3.63, 3.8) is 0 Å². The summed E-state index contributed by atoms with van der Waals surface area (Å²) in [7, 11) is 0. The highest BCUT2D eigenvalue weighted by Crippen LogP contribution is 2.39. The molecule has 2 aromatic carbocycles. The zero-order valence-electron chi connectivity index (χ0n) is 10.7. The van der Waals surface area contributed by atoms with Crippen LogP contribution in [0.5, 0.6) is 5.75 Å². The van der Waals surface area contributed by atoms with E-state index in [9.17, 15) is 8.78 Å².